The Hall–Kier alpha value is -3.36. The van der Waals surface area contributed by atoms with Crippen molar-refractivity contribution in [2.24, 2.45) is 5.16 Å². The third-order valence-electron chi connectivity index (χ3n) is 5.67. The molecule has 0 unspecified atom stereocenters. The summed E-state index contributed by atoms with van der Waals surface area (Å²) in [7, 11) is 8.11. The molecule has 0 atom stereocenters. The molecule has 3 aromatic rings. The van der Waals surface area contributed by atoms with Gasteiger partial charge in [0, 0.05) is 24.2 Å². The highest BCUT2D eigenvalue weighted by Crippen LogP contribution is 2.36. The molecule has 0 fully saturated rings. The Morgan fingerprint density at radius 2 is 1.65 bits per heavy atom. The van der Waals surface area contributed by atoms with Crippen LogP contribution >= 0.6 is 0 Å². The van der Waals surface area contributed by atoms with Gasteiger partial charge in [-0.2, -0.15) is 0 Å². The molecule has 0 saturated heterocycles. The number of oxime groups is 1. The van der Waals surface area contributed by atoms with E-state index in [9.17, 15) is 4.79 Å². The van der Waals surface area contributed by atoms with Crippen molar-refractivity contribution < 1.29 is 9.63 Å². The molecule has 1 aliphatic carbocycles. The molecule has 1 amide bonds. The molecule has 0 spiro atoms. The number of carbonyl (C=O) groups excluding carboxylic acids is 1. The molecular formula is C26H32N6O2. The topological polar surface area (TPSA) is 83.0 Å². The Kier molecular flexibility index (Phi) is 7.49. The van der Waals surface area contributed by atoms with Gasteiger partial charge in [-0.3, -0.25) is 4.79 Å². The van der Waals surface area contributed by atoms with Crippen LogP contribution in [0.1, 0.15) is 34.5 Å². The van der Waals surface area contributed by atoms with Crippen molar-refractivity contribution >= 4 is 22.7 Å². The van der Waals surface area contributed by atoms with Gasteiger partial charge in [0.05, 0.1) is 16.8 Å². The lowest BCUT2D eigenvalue weighted by Crippen LogP contribution is -2.27. The van der Waals surface area contributed by atoms with E-state index in [-0.39, 0.29) is 5.91 Å². The van der Waals surface area contributed by atoms with Crippen LogP contribution in [-0.4, -0.2) is 85.8 Å². The van der Waals surface area contributed by atoms with Crippen LogP contribution in [0.3, 0.4) is 0 Å². The zero-order chi connectivity index (χ0) is 24.1. The number of aromatic nitrogens is 2. The zero-order valence-corrected chi connectivity index (χ0v) is 20.3. The van der Waals surface area contributed by atoms with Crippen LogP contribution in [0.2, 0.25) is 0 Å². The fourth-order valence-electron chi connectivity index (χ4n) is 3.98. The van der Waals surface area contributed by atoms with Gasteiger partial charge in [-0.15, -0.1) is 0 Å². The molecule has 4 rings (SSSR count). The minimum absolute atomic E-state index is 0.136. The summed E-state index contributed by atoms with van der Waals surface area (Å²) in [5.74, 6) is -0.136. The first-order chi connectivity index (χ1) is 16.5. The zero-order valence-electron chi connectivity index (χ0n) is 20.3. The van der Waals surface area contributed by atoms with Crippen molar-refractivity contribution in [1.82, 2.24) is 25.1 Å². The molecule has 0 radical (unpaired) electrons. The first-order valence-electron chi connectivity index (χ1n) is 11.6. The van der Waals surface area contributed by atoms with Gasteiger partial charge in [-0.05, 0) is 59.7 Å². The Morgan fingerprint density at radius 3 is 2.41 bits per heavy atom. The molecule has 0 saturated carbocycles. The molecule has 0 aliphatic heterocycles. The average Bonchev–Trinajstić information content (AvgIpc) is 3.12. The van der Waals surface area contributed by atoms with E-state index in [1.165, 1.54) is 0 Å². The summed E-state index contributed by atoms with van der Waals surface area (Å²) in [4.78, 5) is 32.6. The molecule has 178 valence electrons. The first-order valence-corrected chi connectivity index (χ1v) is 11.6. The molecule has 2 aromatic carbocycles. The molecule has 0 bridgehead atoms. The number of hydrogen-bond donors (Lipinski definition) is 1. The summed E-state index contributed by atoms with van der Waals surface area (Å²) in [5, 5.41) is 7.45. The maximum absolute atomic E-state index is 12.9. The minimum atomic E-state index is -0.136. The molecule has 8 nitrogen and oxygen atoms in total. The van der Waals surface area contributed by atoms with Crippen molar-refractivity contribution in [2.45, 2.75) is 12.8 Å². The Bertz CT molecular complexity index is 1210. The quantitative estimate of drug-likeness (QED) is 0.289. The van der Waals surface area contributed by atoms with Gasteiger partial charge in [0.2, 0.25) is 0 Å². The van der Waals surface area contributed by atoms with E-state index in [1.807, 2.05) is 64.6 Å². The first kappa shape index (κ1) is 23.8. The number of para-hydroxylation sites is 1. The maximum atomic E-state index is 12.9. The highest BCUT2D eigenvalue weighted by molar-refractivity contribution is 6.23. The number of benzene rings is 2. The summed E-state index contributed by atoms with van der Waals surface area (Å²) in [6.45, 7) is 2.98. The van der Waals surface area contributed by atoms with Gasteiger partial charge in [0.25, 0.3) is 5.91 Å². The smallest absolute Gasteiger partial charge is 0.253 e. The lowest BCUT2D eigenvalue weighted by Gasteiger charge is -2.11. The van der Waals surface area contributed by atoms with Crippen LogP contribution < -0.4 is 5.32 Å². The fourth-order valence-corrected chi connectivity index (χ4v) is 3.98. The third kappa shape index (κ3) is 5.24. The molecular weight excluding hydrogens is 428 g/mol. The van der Waals surface area contributed by atoms with Crippen molar-refractivity contribution in [2.75, 3.05) is 54.4 Å². The summed E-state index contributed by atoms with van der Waals surface area (Å²) < 4.78 is 0. The maximum Gasteiger partial charge on any atom is 0.253 e. The molecule has 1 aliphatic rings. The summed E-state index contributed by atoms with van der Waals surface area (Å²) in [6, 6.07) is 13.5. The van der Waals surface area contributed by atoms with Crippen molar-refractivity contribution in [3.8, 4) is 11.3 Å². The molecule has 8 heteroatoms. The number of nitrogens with zero attached hydrogens (tertiary/aromatic N) is 5. The monoisotopic (exact) mass is 460 g/mol. The van der Waals surface area contributed by atoms with Crippen LogP contribution in [0.25, 0.3) is 22.3 Å². The molecule has 34 heavy (non-hydrogen) atoms. The van der Waals surface area contributed by atoms with Crippen molar-refractivity contribution in [3.05, 3.63) is 59.3 Å². The number of amides is 1. The van der Waals surface area contributed by atoms with E-state index in [0.717, 1.165) is 42.8 Å². The Morgan fingerprint density at radius 1 is 0.912 bits per heavy atom. The van der Waals surface area contributed by atoms with Gasteiger partial charge >= 0.3 is 0 Å². The second kappa shape index (κ2) is 10.7. The van der Waals surface area contributed by atoms with E-state index in [1.54, 1.807) is 6.07 Å². The lowest BCUT2D eigenvalue weighted by atomic mass is 10.1. The van der Waals surface area contributed by atoms with Gasteiger partial charge in [0.15, 0.2) is 0 Å². The third-order valence-corrected chi connectivity index (χ3v) is 5.67. The Labute approximate surface area is 200 Å². The number of carbonyl (C=O) groups is 1. The van der Waals surface area contributed by atoms with Gasteiger partial charge in [-0.1, -0.05) is 35.5 Å². The predicted octanol–water partition coefficient (Wildman–Crippen LogP) is 3.01. The number of fused-ring (bicyclic) bond motifs is 4. The molecule has 1 heterocycles. The van der Waals surface area contributed by atoms with E-state index in [0.29, 0.717) is 41.2 Å². The highest BCUT2D eigenvalue weighted by Gasteiger charge is 2.29. The summed E-state index contributed by atoms with van der Waals surface area (Å²) in [6.07, 6.45) is 1.76. The second-order valence-electron chi connectivity index (χ2n) is 8.98. The SMILES string of the molecule is CN(C)CCCNC(=O)c1cccc2nc3c(nc12)-c1ccccc1/C3=N\OCCCN(C)C. The normalized spacial score (nSPS) is 13.5. The van der Waals surface area contributed by atoms with Crippen molar-refractivity contribution in [3.63, 3.8) is 0 Å². The van der Waals surface area contributed by atoms with E-state index < -0.39 is 0 Å². The van der Waals surface area contributed by atoms with E-state index >= 15 is 0 Å². The van der Waals surface area contributed by atoms with E-state index in [2.05, 4.69) is 20.3 Å². The lowest BCUT2D eigenvalue weighted by molar-refractivity contribution is 0.0953. The number of rotatable bonds is 10. The van der Waals surface area contributed by atoms with Crippen LogP contribution in [0.5, 0.6) is 0 Å². The van der Waals surface area contributed by atoms with Crippen LogP contribution in [0, 0.1) is 0 Å². The predicted molar refractivity (Wildman–Crippen MR) is 135 cm³/mol. The van der Waals surface area contributed by atoms with E-state index in [4.69, 9.17) is 14.8 Å². The Balaban J connectivity index is 1.64. The van der Waals surface area contributed by atoms with Gasteiger partial charge in [0.1, 0.15) is 23.5 Å². The highest BCUT2D eigenvalue weighted by atomic mass is 16.6. The standard InChI is InChI=1S/C26H32N6O2/c1-31(2)15-8-14-27-26(33)20-12-7-13-21-22(20)29-23-18-10-5-6-11-19(18)24(25(23)28-21)30-34-17-9-16-32(3)4/h5-7,10-13H,8-9,14-17H2,1-4H3,(H,27,33)/b30-24+. The van der Waals surface area contributed by atoms with Crippen LogP contribution in [0.15, 0.2) is 47.6 Å². The van der Waals surface area contributed by atoms with Gasteiger partial charge < -0.3 is 20.0 Å². The average molecular weight is 461 g/mol. The van der Waals surface area contributed by atoms with Crippen molar-refractivity contribution in [1.29, 1.82) is 0 Å². The fraction of sp³-hybridized carbons (Fsp3) is 0.385. The summed E-state index contributed by atoms with van der Waals surface area (Å²) in [5.41, 5.74) is 5.77. The van der Waals surface area contributed by atoms with Crippen LogP contribution in [0.4, 0.5) is 0 Å². The number of nitrogens with one attached hydrogen (secondary N) is 1. The largest absolute Gasteiger partial charge is 0.395 e. The van der Waals surface area contributed by atoms with Gasteiger partial charge in [-0.25, -0.2) is 9.97 Å². The summed E-state index contributed by atoms with van der Waals surface area (Å²) >= 11 is 0. The number of hydrogen-bond acceptors (Lipinski definition) is 7. The molecule has 1 N–H and O–H groups in total. The van der Waals surface area contributed by atoms with Crippen LogP contribution in [-0.2, 0) is 4.84 Å². The minimum Gasteiger partial charge on any atom is -0.395 e. The second-order valence-corrected chi connectivity index (χ2v) is 8.98. The molecule has 1 aromatic heterocycles.